The molecule has 1 aromatic rings. The molecule has 0 aliphatic heterocycles. The summed E-state index contributed by atoms with van der Waals surface area (Å²) in [7, 11) is 0. The van der Waals surface area contributed by atoms with Crippen LogP contribution in [0.5, 0.6) is 0 Å². The highest BCUT2D eigenvalue weighted by atomic mass is 16.8. The van der Waals surface area contributed by atoms with E-state index in [9.17, 15) is 9.70 Å². The Morgan fingerprint density at radius 2 is 2.26 bits per heavy atom. The third-order valence-corrected chi connectivity index (χ3v) is 2.00. The van der Waals surface area contributed by atoms with Crippen molar-refractivity contribution in [2.24, 2.45) is 16.1 Å². The molecule has 0 atom stereocenters. The lowest BCUT2D eigenvalue weighted by Crippen LogP contribution is -2.29. The van der Waals surface area contributed by atoms with Gasteiger partial charge in [0.25, 0.3) is 0 Å². The minimum absolute atomic E-state index is 0.132. The van der Waals surface area contributed by atoms with Crippen molar-refractivity contribution >= 4 is 17.6 Å². The zero-order valence-electron chi connectivity index (χ0n) is 10.3. The average Bonchev–Trinajstić information content (AvgIpc) is 2.37. The first-order valence-electron chi connectivity index (χ1n) is 5.49. The van der Waals surface area contributed by atoms with Gasteiger partial charge < -0.3 is 10.5 Å². The maximum atomic E-state index is 11.3. The van der Waals surface area contributed by atoms with Gasteiger partial charge in [0.15, 0.2) is 5.34 Å². The zero-order chi connectivity index (χ0) is 14.1. The number of guanidine groups is 1. The van der Waals surface area contributed by atoms with Crippen LogP contribution < -0.4 is 11.2 Å². The zero-order valence-corrected chi connectivity index (χ0v) is 10.3. The number of carbonyl (C=O) groups excluding carboxylic acids is 1. The molecule has 0 amide bonds. The Bertz CT molecular complexity index is 476. The molecule has 0 spiro atoms. The van der Waals surface area contributed by atoms with Gasteiger partial charge in [-0.25, -0.2) is 9.93 Å². The van der Waals surface area contributed by atoms with Gasteiger partial charge in [0.1, 0.15) is 0 Å². The van der Waals surface area contributed by atoms with Gasteiger partial charge in [0, 0.05) is 0 Å². The van der Waals surface area contributed by atoms with Gasteiger partial charge in [-0.05, 0) is 24.6 Å². The van der Waals surface area contributed by atoms with Crippen molar-refractivity contribution < 1.29 is 14.5 Å². The molecule has 0 radical (unpaired) electrons. The van der Waals surface area contributed by atoms with Crippen molar-refractivity contribution in [3.63, 3.8) is 0 Å². The number of hydroxylamine groups is 1. The van der Waals surface area contributed by atoms with Crippen molar-refractivity contribution in [1.82, 2.24) is 5.48 Å². The number of hydrogen-bond donors (Lipinski definition) is 2. The molecular formula is C11H14N4O4. The minimum atomic E-state index is -0.316. The molecule has 0 unspecified atom stereocenters. The van der Waals surface area contributed by atoms with E-state index in [-0.39, 0.29) is 18.3 Å². The Hall–Kier alpha value is -2.64. The molecule has 1 rings (SSSR count). The fourth-order valence-corrected chi connectivity index (χ4v) is 1.34. The minimum Gasteiger partial charge on any atom is -0.466 e. The van der Waals surface area contributed by atoms with Crippen LogP contribution in [-0.4, -0.2) is 18.5 Å². The molecule has 0 saturated carbocycles. The number of aliphatic imine (C=N–C) groups is 1. The second-order valence-electron chi connectivity index (χ2n) is 3.42. The van der Waals surface area contributed by atoms with Gasteiger partial charge in [0.2, 0.25) is 5.96 Å². The van der Waals surface area contributed by atoms with Crippen molar-refractivity contribution in [2.75, 3.05) is 6.61 Å². The summed E-state index contributed by atoms with van der Waals surface area (Å²) in [6, 6.07) is 6.83. The smallest absolute Gasteiger partial charge is 0.310 e. The topological polar surface area (TPSA) is 115 Å². The molecule has 102 valence electrons. The predicted molar refractivity (Wildman–Crippen MR) is 68.1 cm³/mol. The SMILES string of the molecule is CCOC(=O)Cc1cccc(N=C(N)NON=O)c1. The van der Waals surface area contributed by atoms with Gasteiger partial charge >= 0.3 is 5.97 Å². The molecule has 0 heterocycles. The highest BCUT2D eigenvalue weighted by Gasteiger charge is 2.04. The van der Waals surface area contributed by atoms with Crippen LogP contribution in [0.3, 0.4) is 0 Å². The predicted octanol–water partition coefficient (Wildman–Crippen LogP) is 0.941. The lowest BCUT2D eigenvalue weighted by molar-refractivity contribution is -0.142. The summed E-state index contributed by atoms with van der Waals surface area (Å²) in [4.78, 5) is 28.9. The van der Waals surface area contributed by atoms with Crippen LogP contribution in [-0.2, 0) is 20.9 Å². The van der Waals surface area contributed by atoms with Gasteiger partial charge in [-0.2, -0.15) is 5.48 Å². The Balaban J connectivity index is 2.71. The van der Waals surface area contributed by atoms with Gasteiger partial charge in [0.05, 0.1) is 18.7 Å². The van der Waals surface area contributed by atoms with Crippen LogP contribution in [0.15, 0.2) is 34.6 Å². The second kappa shape index (κ2) is 7.64. The monoisotopic (exact) mass is 266 g/mol. The summed E-state index contributed by atoms with van der Waals surface area (Å²) in [6.07, 6.45) is 0.150. The number of nitrogens with one attached hydrogen (secondary N) is 1. The molecule has 0 aliphatic carbocycles. The van der Waals surface area contributed by atoms with Crippen LogP contribution >= 0.6 is 0 Å². The molecule has 0 aromatic heterocycles. The van der Waals surface area contributed by atoms with E-state index >= 15 is 0 Å². The summed E-state index contributed by atoms with van der Waals surface area (Å²) in [6.45, 7) is 2.08. The normalized spacial score (nSPS) is 10.7. The molecule has 1 aromatic carbocycles. The number of esters is 1. The van der Waals surface area contributed by atoms with Crippen molar-refractivity contribution in [2.45, 2.75) is 13.3 Å². The van der Waals surface area contributed by atoms with Crippen LogP contribution in [0.25, 0.3) is 0 Å². The third kappa shape index (κ3) is 5.48. The second-order valence-corrected chi connectivity index (χ2v) is 3.42. The Morgan fingerprint density at radius 3 is 2.95 bits per heavy atom. The first kappa shape index (κ1) is 14.4. The van der Waals surface area contributed by atoms with E-state index in [0.717, 1.165) is 5.56 Å². The molecule has 19 heavy (non-hydrogen) atoms. The average molecular weight is 266 g/mol. The maximum absolute atomic E-state index is 11.3. The molecule has 8 nitrogen and oxygen atoms in total. The summed E-state index contributed by atoms with van der Waals surface area (Å²) in [5, 5.41) is 2.11. The Kier molecular flexibility index (Phi) is 5.80. The molecular weight excluding hydrogens is 252 g/mol. The van der Waals surface area contributed by atoms with Crippen molar-refractivity contribution in [3.8, 4) is 0 Å². The lowest BCUT2D eigenvalue weighted by Gasteiger charge is -2.03. The van der Waals surface area contributed by atoms with Crippen LogP contribution in [0, 0.1) is 4.91 Å². The van der Waals surface area contributed by atoms with Gasteiger partial charge in [-0.3, -0.25) is 4.79 Å². The van der Waals surface area contributed by atoms with E-state index in [1.165, 1.54) is 0 Å². The van der Waals surface area contributed by atoms with E-state index in [1.54, 1.807) is 31.2 Å². The van der Waals surface area contributed by atoms with Crippen molar-refractivity contribution in [1.29, 1.82) is 0 Å². The number of nitrogens with zero attached hydrogens (tertiary/aromatic N) is 2. The van der Waals surface area contributed by atoms with E-state index in [4.69, 9.17) is 10.5 Å². The first-order chi connectivity index (χ1) is 9.15. The standard InChI is InChI=1S/C11H14N4O4/c1-2-18-10(16)7-8-4-3-5-9(6-8)13-11(12)14-19-15-17/h3-6H,2,7H2,1H3,(H3,12,13,14). The molecule has 0 bridgehead atoms. The van der Waals surface area contributed by atoms with E-state index < -0.39 is 0 Å². The maximum Gasteiger partial charge on any atom is 0.310 e. The fourth-order valence-electron chi connectivity index (χ4n) is 1.34. The molecule has 0 saturated heterocycles. The highest BCUT2D eigenvalue weighted by molar-refractivity contribution is 5.80. The largest absolute Gasteiger partial charge is 0.466 e. The summed E-state index contributed by atoms with van der Waals surface area (Å²) in [5.74, 6) is -0.448. The quantitative estimate of drug-likeness (QED) is 0.260. The number of rotatable bonds is 6. The van der Waals surface area contributed by atoms with Crippen molar-refractivity contribution in [3.05, 3.63) is 34.7 Å². The Morgan fingerprint density at radius 1 is 1.47 bits per heavy atom. The fraction of sp³-hybridized carbons (Fsp3) is 0.273. The molecule has 3 N–H and O–H groups in total. The van der Waals surface area contributed by atoms with Gasteiger partial charge in [-0.15, -0.1) is 4.91 Å². The lowest BCUT2D eigenvalue weighted by atomic mass is 10.1. The summed E-state index contributed by atoms with van der Waals surface area (Å²) >= 11 is 0. The van der Waals surface area contributed by atoms with Gasteiger partial charge in [-0.1, -0.05) is 12.1 Å². The third-order valence-electron chi connectivity index (χ3n) is 2.00. The summed E-state index contributed by atoms with van der Waals surface area (Å²) in [5.41, 5.74) is 8.67. The molecule has 8 heteroatoms. The van der Waals surface area contributed by atoms with Crippen LogP contribution in [0.1, 0.15) is 12.5 Å². The van der Waals surface area contributed by atoms with Crippen LogP contribution in [0.2, 0.25) is 0 Å². The van der Waals surface area contributed by atoms with E-state index in [2.05, 4.69) is 15.3 Å². The molecule has 0 fully saturated rings. The van der Waals surface area contributed by atoms with E-state index in [0.29, 0.717) is 12.3 Å². The van der Waals surface area contributed by atoms with E-state index in [1.807, 2.05) is 5.48 Å². The van der Waals surface area contributed by atoms with Crippen LogP contribution in [0.4, 0.5) is 5.69 Å². The first-order valence-corrected chi connectivity index (χ1v) is 5.49. The summed E-state index contributed by atoms with van der Waals surface area (Å²) < 4.78 is 4.84. The number of nitrogens with two attached hydrogens (primary N) is 1. The number of hydrogen-bond acceptors (Lipinski definition) is 6. The highest BCUT2D eigenvalue weighted by Crippen LogP contribution is 2.14. The Labute approximate surface area is 109 Å². The number of benzene rings is 1. The number of carbonyl (C=O) groups is 1. The molecule has 0 aliphatic rings. The number of ether oxygens (including phenoxy) is 1.